The summed E-state index contributed by atoms with van der Waals surface area (Å²) in [5.74, 6) is 1.37. The van der Waals surface area contributed by atoms with Gasteiger partial charge in [-0.1, -0.05) is 0 Å². The Morgan fingerprint density at radius 3 is 1.84 bits per heavy atom. The number of benzene rings is 1. The van der Waals surface area contributed by atoms with E-state index in [0.29, 0.717) is 12.1 Å². The maximum Gasteiger partial charge on any atom is 0.482 e. The van der Waals surface area contributed by atoms with Crippen molar-refractivity contribution in [2.24, 2.45) is 0 Å². The Labute approximate surface area is 106 Å². The van der Waals surface area contributed by atoms with Crippen LogP contribution in [-0.4, -0.2) is 15.0 Å². The third-order valence-electron chi connectivity index (χ3n) is 1.88. The van der Waals surface area contributed by atoms with E-state index in [-0.39, 0.29) is 6.15 Å². The predicted molar refractivity (Wildman–Crippen MR) is 58.4 cm³/mol. The van der Waals surface area contributed by atoms with Crippen LogP contribution in [0.3, 0.4) is 0 Å². The standard InChI is InChI=1S/C6H5N3O8S.H3N/c7-17-18(15,16)3-1-4(8(11)12)6(10)5(2-3)9(13)14;/h1-2H,7H3;1H3/q+1;/p+2. The maximum absolute atomic E-state index is 11.3. The fraction of sp³-hybridized carbons (Fsp3) is 0. The minimum absolute atomic E-state index is 0. The maximum atomic E-state index is 11.3. The van der Waals surface area contributed by atoms with Gasteiger partial charge < -0.3 is 11.3 Å². The van der Waals surface area contributed by atoms with Crippen LogP contribution in [0.25, 0.3) is 0 Å². The summed E-state index contributed by atoms with van der Waals surface area (Å²) in [6.07, 6.45) is 0. The average molecular weight is 298 g/mol. The molecule has 1 aromatic carbocycles. The molecule has 0 fully saturated rings. The Morgan fingerprint density at radius 2 is 1.58 bits per heavy atom. The van der Waals surface area contributed by atoms with Crippen LogP contribution in [0.4, 0.5) is 11.4 Å². The van der Waals surface area contributed by atoms with Crippen molar-refractivity contribution in [1.29, 1.82) is 0 Å². The molecule has 0 spiro atoms. The molecule has 1 unspecified atom stereocenters. The molecule has 0 aliphatic heterocycles. The molecule has 0 saturated carbocycles. The van der Waals surface area contributed by atoms with E-state index in [2.05, 4.69) is 10.2 Å². The van der Waals surface area contributed by atoms with Crippen LogP contribution in [0.2, 0.25) is 0 Å². The van der Waals surface area contributed by atoms with Crippen molar-refractivity contribution in [1.82, 2.24) is 6.15 Å². The summed E-state index contributed by atoms with van der Waals surface area (Å²) < 4.78 is 26.3. The molecule has 19 heavy (non-hydrogen) atoms. The van der Waals surface area contributed by atoms with E-state index in [9.17, 15) is 34.1 Å². The quantitative estimate of drug-likeness (QED) is 0.388. The fourth-order valence-electron chi connectivity index (χ4n) is 1.07. The number of rotatable bonds is 4. The Morgan fingerprint density at radius 1 is 1.21 bits per heavy atom. The first kappa shape index (κ1) is 16.8. The topological polar surface area (TPSA) is 217 Å². The van der Waals surface area contributed by atoms with Crippen molar-refractivity contribution >= 4 is 21.9 Å². The molecular formula is C6H10N4O8S+3. The van der Waals surface area contributed by atoms with Crippen LogP contribution in [-0.2, 0) is 23.5 Å². The van der Waals surface area contributed by atoms with Crippen LogP contribution in [0.1, 0.15) is 0 Å². The van der Waals surface area contributed by atoms with Crippen molar-refractivity contribution in [2.75, 3.05) is 0 Å². The minimum atomic E-state index is -4.46. The second-order valence-corrected chi connectivity index (χ2v) is 4.51. The SMILES string of the molecule is [NH3+]O[S+]([O])(=O)c1cc([N+](=O)[O-])c(O)c([N+](=O)[O-])c1.[NH4+]. The van der Waals surface area contributed by atoms with Gasteiger partial charge in [0.25, 0.3) is 5.75 Å². The lowest BCUT2D eigenvalue weighted by Gasteiger charge is -1.99. The number of phenols is 1. The Bertz CT molecular complexity index is 539. The third kappa shape index (κ3) is 3.18. The fourth-order valence-corrected chi connectivity index (χ4v) is 1.72. The highest BCUT2D eigenvalue weighted by Gasteiger charge is 2.42. The van der Waals surface area contributed by atoms with E-state index in [4.69, 9.17) is 0 Å². The van der Waals surface area contributed by atoms with E-state index < -0.39 is 42.4 Å². The summed E-state index contributed by atoms with van der Waals surface area (Å²) in [6.45, 7) is 0. The lowest BCUT2D eigenvalue weighted by molar-refractivity contribution is -0.637. The summed E-state index contributed by atoms with van der Waals surface area (Å²) in [7, 11) is -4.46. The largest absolute Gasteiger partial charge is 0.497 e. The second kappa shape index (κ2) is 5.63. The molecule has 0 heterocycles. The normalized spacial score (nSPS) is 13.2. The predicted octanol–water partition coefficient (Wildman–Crippen LogP) is -0.123. The van der Waals surface area contributed by atoms with E-state index in [1.165, 1.54) is 0 Å². The number of nitro benzene ring substituents is 2. The first-order chi connectivity index (χ1) is 8.20. The van der Waals surface area contributed by atoms with Crippen LogP contribution in [0, 0.1) is 20.2 Å². The Hall–Kier alpha value is -2.19. The summed E-state index contributed by atoms with van der Waals surface area (Å²) in [6, 6.07) is 0.867. The molecule has 13 heteroatoms. The molecule has 1 aromatic rings. The summed E-state index contributed by atoms with van der Waals surface area (Å²) in [5.41, 5.74) is -2.25. The van der Waals surface area contributed by atoms with E-state index in [0.717, 1.165) is 0 Å². The minimum Gasteiger partial charge on any atom is -0.497 e. The van der Waals surface area contributed by atoms with Gasteiger partial charge in [0.05, 0.1) is 30.8 Å². The van der Waals surface area contributed by atoms with Crippen LogP contribution in [0.15, 0.2) is 17.0 Å². The van der Waals surface area contributed by atoms with Crippen LogP contribution >= 0.6 is 0 Å². The molecule has 1 atom stereocenters. The zero-order valence-corrected chi connectivity index (χ0v) is 10.3. The number of quaternary nitrogens is 2. The van der Waals surface area contributed by atoms with Crippen molar-refractivity contribution in [2.45, 2.75) is 4.90 Å². The lowest BCUT2D eigenvalue weighted by Crippen LogP contribution is -2.52. The number of hydrogen-bond acceptors (Lipinski definition) is 7. The van der Waals surface area contributed by atoms with Crippen molar-refractivity contribution < 1.29 is 33.9 Å². The van der Waals surface area contributed by atoms with Gasteiger partial charge in [-0.05, 0) is 4.21 Å². The lowest BCUT2D eigenvalue weighted by atomic mass is 10.2. The molecule has 1 radical (unpaired) electrons. The first-order valence-corrected chi connectivity index (χ1v) is 5.46. The van der Waals surface area contributed by atoms with Gasteiger partial charge in [0.15, 0.2) is 0 Å². The molecule has 1 rings (SSSR count). The average Bonchev–Trinajstić information content (AvgIpc) is 2.28. The molecule has 0 bridgehead atoms. The van der Waals surface area contributed by atoms with Crippen LogP contribution < -0.4 is 12.0 Å². The monoisotopic (exact) mass is 298 g/mol. The van der Waals surface area contributed by atoms with Crippen molar-refractivity contribution in [3.8, 4) is 5.75 Å². The van der Waals surface area contributed by atoms with Gasteiger partial charge in [-0.15, -0.1) is 0 Å². The van der Waals surface area contributed by atoms with Gasteiger partial charge in [-0.3, -0.25) is 20.2 Å². The number of phenolic OH excluding ortho intramolecular Hbond substituents is 1. The van der Waals surface area contributed by atoms with E-state index in [1.54, 1.807) is 0 Å². The molecule has 0 aliphatic rings. The van der Waals surface area contributed by atoms with Crippen LogP contribution in [0.5, 0.6) is 5.75 Å². The molecule has 0 amide bonds. The van der Waals surface area contributed by atoms with Crippen molar-refractivity contribution in [3.63, 3.8) is 0 Å². The van der Waals surface area contributed by atoms with E-state index >= 15 is 0 Å². The number of nitrogens with zero attached hydrogens (tertiary/aromatic N) is 2. The Kier molecular flexibility index (Phi) is 4.98. The smallest absolute Gasteiger partial charge is 0.482 e. The zero-order chi connectivity index (χ0) is 14.1. The summed E-state index contributed by atoms with van der Waals surface area (Å²) in [4.78, 5) is 17.9. The summed E-state index contributed by atoms with van der Waals surface area (Å²) >= 11 is 0. The molecule has 0 aromatic heterocycles. The highest BCUT2D eigenvalue weighted by Crippen LogP contribution is 2.39. The highest BCUT2D eigenvalue weighted by atomic mass is 32.3. The second-order valence-electron chi connectivity index (χ2n) is 2.90. The molecule has 12 nitrogen and oxygen atoms in total. The number of hydrogen-bond donors (Lipinski definition) is 3. The number of aromatic hydroxyl groups is 1. The van der Waals surface area contributed by atoms with Gasteiger partial charge in [-0.25, -0.2) is 0 Å². The first-order valence-electron chi connectivity index (χ1n) is 4.05. The van der Waals surface area contributed by atoms with Gasteiger partial charge in [0, 0.05) is 0 Å². The highest BCUT2D eigenvalue weighted by molar-refractivity contribution is 7.92. The van der Waals surface area contributed by atoms with Gasteiger partial charge in [0.1, 0.15) is 0 Å². The van der Waals surface area contributed by atoms with Gasteiger partial charge in [0.2, 0.25) is 4.90 Å². The molecule has 105 valence electrons. The van der Waals surface area contributed by atoms with E-state index in [1.807, 2.05) is 0 Å². The molecule has 8 N–H and O–H groups in total. The Balaban J connectivity index is 0.00000324. The summed E-state index contributed by atoms with van der Waals surface area (Å²) in [5, 5.41) is 30.3. The van der Waals surface area contributed by atoms with Gasteiger partial charge >= 0.3 is 21.9 Å². The molecular weight excluding hydrogens is 288 g/mol. The number of nitro groups is 2. The van der Waals surface area contributed by atoms with Crippen molar-refractivity contribution in [3.05, 3.63) is 32.4 Å². The zero-order valence-electron chi connectivity index (χ0n) is 9.47. The van der Waals surface area contributed by atoms with Gasteiger partial charge in [-0.2, -0.15) is 5.90 Å². The molecule has 0 aliphatic carbocycles. The molecule has 0 saturated heterocycles. The third-order valence-corrected chi connectivity index (χ3v) is 3.00.